The van der Waals surface area contributed by atoms with Crippen LogP contribution in [0.15, 0.2) is 36.5 Å². The number of carbonyl (C=O) groups excluding carboxylic acids is 1. The monoisotopic (exact) mass is 285 g/mol. The number of rotatable bonds is 5. The highest BCUT2D eigenvalue weighted by Crippen LogP contribution is 2.17. The SMILES string of the molecule is CCCOc1cccc(C(=O)Nc2cc(C)c(N)cn2)c1. The second kappa shape index (κ2) is 6.74. The molecule has 5 heteroatoms. The van der Waals surface area contributed by atoms with Crippen LogP contribution in [0.25, 0.3) is 0 Å². The molecular weight excluding hydrogens is 266 g/mol. The van der Waals surface area contributed by atoms with E-state index in [-0.39, 0.29) is 5.91 Å². The minimum absolute atomic E-state index is 0.228. The molecule has 2 aromatic rings. The van der Waals surface area contributed by atoms with Gasteiger partial charge in [0.1, 0.15) is 11.6 Å². The fourth-order valence-corrected chi connectivity index (χ4v) is 1.77. The first-order chi connectivity index (χ1) is 10.1. The zero-order chi connectivity index (χ0) is 15.2. The summed E-state index contributed by atoms with van der Waals surface area (Å²) in [5.41, 5.74) is 7.71. The van der Waals surface area contributed by atoms with Crippen LogP contribution < -0.4 is 15.8 Å². The van der Waals surface area contributed by atoms with Crippen molar-refractivity contribution in [3.63, 3.8) is 0 Å². The van der Waals surface area contributed by atoms with Gasteiger partial charge in [-0.15, -0.1) is 0 Å². The molecule has 1 aromatic carbocycles. The zero-order valence-electron chi connectivity index (χ0n) is 12.2. The molecule has 0 aliphatic rings. The van der Waals surface area contributed by atoms with Crippen LogP contribution in [0.2, 0.25) is 0 Å². The molecule has 21 heavy (non-hydrogen) atoms. The molecule has 0 saturated heterocycles. The number of nitrogens with two attached hydrogens (primary N) is 1. The van der Waals surface area contributed by atoms with Crippen LogP contribution in [0.1, 0.15) is 29.3 Å². The maximum Gasteiger partial charge on any atom is 0.256 e. The Balaban J connectivity index is 2.10. The molecule has 0 aliphatic carbocycles. The third-order valence-corrected chi connectivity index (χ3v) is 2.96. The Kier molecular flexibility index (Phi) is 4.77. The molecule has 0 unspecified atom stereocenters. The van der Waals surface area contributed by atoms with E-state index in [1.165, 1.54) is 6.20 Å². The number of nitrogens with one attached hydrogen (secondary N) is 1. The summed E-state index contributed by atoms with van der Waals surface area (Å²) in [4.78, 5) is 16.3. The van der Waals surface area contributed by atoms with Gasteiger partial charge in [-0.05, 0) is 43.2 Å². The maximum atomic E-state index is 12.2. The van der Waals surface area contributed by atoms with Gasteiger partial charge in [0, 0.05) is 5.56 Å². The summed E-state index contributed by atoms with van der Waals surface area (Å²) in [6, 6.07) is 8.82. The van der Waals surface area contributed by atoms with E-state index in [9.17, 15) is 4.79 Å². The molecule has 1 heterocycles. The molecule has 2 rings (SSSR count). The average Bonchev–Trinajstić information content (AvgIpc) is 2.49. The first kappa shape index (κ1) is 14.8. The van der Waals surface area contributed by atoms with Crippen LogP contribution in [0, 0.1) is 6.92 Å². The highest BCUT2D eigenvalue weighted by atomic mass is 16.5. The van der Waals surface area contributed by atoms with Crippen molar-refractivity contribution in [2.24, 2.45) is 0 Å². The summed E-state index contributed by atoms with van der Waals surface area (Å²) in [6.07, 6.45) is 2.46. The summed E-state index contributed by atoms with van der Waals surface area (Å²) in [6.45, 7) is 4.53. The molecule has 0 fully saturated rings. The van der Waals surface area contributed by atoms with E-state index in [0.29, 0.717) is 29.4 Å². The quantitative estimate of drug-likeness (QED) is 0.885. The number of carbonyl (C=O) groups is 1. The van der Waals surface area contributed by atoms with E-state index < -0.39 is 0 Å². The first-order valence-corrected chi connectivity index (χ1v) is 6.86. The van der Waals surface area contributed by atoms with Gasteiger partial charge in [0.15, 0.2) is 0 Å². The van der Waals surface area contributed by atoms with Crippen molar-refractivity contribution in [2.45, 2.75) is 20.3 Å². The lowest BCUT2D eigenvalue weighted by atomic mass is 10.2. The third kappa shape index (κ3) is 3.95. The second-order valence-corrected chi connectivity index (χ2v) is 4.76. The Hall–Kier alpha value is -2.56. The number of aryl methyl sites for hydroxylation is 1. The Bertz CT molecular complexity index is 641. The largest absolute Gasteiger partial charge is 0.494 e. The number of hydrogen-bond donors (Lipinski definition) is 2. The highest BCUT2D eigenvalue weighted by Gasteiger charge is 2.08. The number of hydrogen-bond acceptors (Lipinski definition) is 4. The summed E-state index contributed by atoms with van der Waals surface area (Å²) in [5, 5.41) is 2.75. The van der Waals surface area contributed by atoms with E-state index >= 15 is 0 Å². The van der Waals surface area contributed by atoms with Gasteiger partial charge >= 0.3 is 0 Å². The Morgan fingerprint density at radius 3 is 2.90 bits per heavy atom. The second-order valence-electron chi connectivity index (χ2n) is 4.76. The van der Waals surface area contributed by atoms with Gasteiger partial charge in [-0.3, -0.25) is 4.79 Å². The van der Waals surface area contributed by atoms with Crippen LogP contribution >= 0.6 is 0 Å². The van der Waals surface area contributed by atoms with Crippen molar-refractivity contribution >= 4 is 17.4 Å². The van der Waals surface area contributed by atoms with Gasteiger partial charge in [0.05, 0.1) is 18.5 Å². The van der Waals surface area contributed by atoms with Gasteiger partial charge in [0.25, 0.3) is 5.91 Å². The van der Waals surface area contributed by atoms with Crippen LogP contribution in [0.4, 0.5) is 11.5 Å². The zero-order valence-corrected chi connectivity index (χ0v) is 12.2. The molecule has 3 N–H and O–H groups in total. The van der Waals surface area contributed by atoms with Gasteiger partial charge in [-0.1, -0.05) is 13.0 Å². The molecule has 110 valence electrons. The van der Waals surface area contributed by atoms with Crippen LogP contribution in [0.3, 0.4) is 0 Å². The maximum absolute atomic E-state index is 12.2. The van der Waals surface area contributed by atoms with Crippen LogP contribution in [-0.4, -0.2) is 17.5 Å². The summed E-state index contributed by atoms with van der Waals surface area (Å²) < 4.78 is 5.52. The number of aromatic nitrogens is 1. The van der Waals surface area contributed by atoms with Crippen molar-refractivity contribution in [2.75, 3.05) is 17.7 Å². The van der Waals surface area contributed by atoms with Gasteiger partial charge in [-0.25, -0.2) is 4.98 Å². The smallest absolute Gasteiger partial charge is 0.256 e. The minimum atomic E-state index is -0.228. The molecule has 0 radical (unpaired) electrons. The number of nitrogens with zero attached hydrogens (tertiary/aromatic N) is 1. The van der Waals surface area contributed by atoms with E-state index in [1.54, 1.807) is 24.3 Å². The number of amides is 1. The van der Waals surface area contributed by atoms with Crippen molar-refractivity contribution < 1.29 is 9.53 Å². The first-order valence-electron chi connectivity index (χ1n) is 6.86. The molecule has 0 aliphatic heterocycles. The number of pyridine rings is 1. The molecule has 0 saturated carbocycles. The lowest BCUT2D eigenvalue weighted by Gasteiger charge is -2.08. The van der Waals surface area contributed by atoms with Crippen molar-refractivity contribution in [3.05, 3.63) is 47.7 Å². The van der Waals surface area contributed by atoms with Gasteiger partial charge < -0.3 is 15.8 Å². The standard InChI is InChI=1S/C16H19N3O2/c1-3-7-21-13-6-4-5-12(9-13)16(20)19-15-8-11(2)14(17)10-18-15/h4-6,8-10H,3,7,17H2,1-2H3,(H,18,19,20). The fourth-order valence-electron chi connectivity index (χ4n) is 1.77. The third-order valence-electron chi connectivity index (χ3n) is 2.96. The lowest BCUT2D eigenvalue weighted by molar-refractivity contribution is 0.102. The molecule has 1 amide bonds. The minimum Gasteiger partial charge on any atom is -0.494 e. The van der Waals surface area contributed by atoms with Gasteiger partial charge in [-0.2, -0.15) is 0 Å². The number of anilines is 2. The van der Waals surface area contributed by atoms with E-state index in [0.717, 1.165) is 12.0 Å². The predicted molar refractivity (Wildman–Crippen MR) is 83.6 cm³/mol. The van der Waals surface area contributed by atoms with Crippen LogP contribution in [-0.2, 0) is 0 Å². The number of benzene rings is 1. The topological polar surface area (TPSA) is 77.2 Å². The van der Waals surface area contributed by atoms with Crippen molar-refractivity contribution in [1.82, 2.24) is 4.98 Å². The predicted octanol–water partition coefficient (Wildman–Crippen LogP) is 3.01. The highest BCUT2D eigenvalue weighted by molar-refractivity contribution is 6.04. The van der Waals surface area contributed by atoms with Crippen molar-refractivity contribution in [1.29, 1.82) is 0 Å². The Morgan fingerprint density at radius 2 is 2.19 bits per heavy atom. The Morgan fingerprint density at radius 1 is 1.38 bits per heavy atom. The van der Waals surface area contributed by atoms with Crippen molar-refractivity contribution in [3.8, 4) is 5.75 Å². The number of nitrogen functional groups attached to an aromatic ring is 1. The summed E-state index contributed by atoms with van der Waals surface area (Å²) >= 11 is 0. The molecule has 0 bridgehead atoms. The molecular formula is C16H19N3O2. The Labute approximate surface area is 124 Å². The molecule has 0 atom stereocenters. The normalized spacial score (nSPS) is 10.2. The van der Waals surface area contributed by atoms with Crippen LogP contribution in [0.5, 0.6) is 5.75 Å². The van der Waals surface area contributed by atoms with E-state index in [4.69, 9.17) is 10.5 Å². The summed E-state index contributed by atoms with van der Waals surface area (Å²) in [5.74, 6) is 0.936. The average molecular weight is 285 g/mol. The van der Waals surface area contributed by atoms with E-state index in [1.807, 2.05) is 19.9 Å². The van der Waals surface area contributed by atoms with Gasteiger partial charge in [0.2, 0.25) is 0 Å². The molecule has 5 nitrogen and oxygen atoms in total. The fraction of sp³-hybridized carbons (Fsp3) is 0.250. The van der Waals surface area contributed by atoms with E-state index in [2.05, 4.69) is 10.3 Å². The molecule has 0 spiro atoms. The number of ether oxygens (including phenoxy) is 1. The molecule has 1 aromatic heterocycles. The lowest BCUT2D eigenvalue weighted by Crippen LogP contribution is -2.13. The summed E-state index contributed by atoms with van der Waals surface area (Å²) in [7, 11) is 0.